The van der Waals surface area contributed by atoms with Crippen LogP contribution in [0.25, 0.3) is 10.8 Å². The first-order valence-corrected chi connectivity index (χ1v) is 12.3. The molecule has 0 aliphatic heterocycles. The zero-order valence-electron chi connectivity index (χ0n) is 11.0. The molecular weight excluding hydrogens is 354 g/mol. The van der Waals surface area contributed by atoms with E-state index in [0.29, 0.717) is 0 Å². The molecule has 0 radical (unpaired) electrons. The van der Waals surface area contributed by atoms with Crippen molar-refractivity contribution in [3.05, 3.63) is 71.8 Å². The van der Waals surface area contributed by atoms with Crippen molar-refractivity contribution in [3.63, 3.8) is 0 Å². The first kappa shape index (κ1) is 16.7. The Bertz CT molecular complexity index is 514. The van der Waals surface area contributed by atoms with E-state index in [1.807, 2.05) is 30.3 Å². The molecule has 0 aliphatic rings. The van der Waals surface area contributed by atoms with Gasteiger partial charge in [-0.15, -0.1) is 29.0 Å². The smallest absolute Gasteiger partial charge is 0.172 e. The summed E-state index contributed by atoms with van der Waals surface area (Å²) < 4.78 is 0. The summed E-state index contributed by atoms with van der Waals surface area (Å²) in [5, 5.41) is 2.71. The number of aryl methyl sites for hydroxylation is 2. The number of hydrogen-bond acceptors (Lipinski definition) is 0. The van der Waals surface area contributed by atoms with Gasteiger partial charge in [0.1, 0.15) is 0 Å². The minimum Gasteiger partial charge on any atom is -0.214 e. The molecule has 0 spiro atoms. The van der Waals surface area contributed by atoms with Gasteiger partial charge in [0, 0.05) is 0 Å². The van der Waals surface area contributed by atoms with Crippen LogP contribution >= 0.6 is 17.0 Å². The van der Waals surface area contributed by atoms with Crippen LogP contribution in [0.2, 0.25) is 0 Å². The summed E-state index contributed by atoms with van der Waals surface area (Å²) >= 11 is -0.826. The maximum absolute atomic E-state index is 4.93. The monoisotopic (exact) mass is 368 g/mol. The number of halogens is 2. The molecule has 0 aromatic heterocycles. The van der Waals surface area contributed by atoms with Crippen molar-refractivity contribution in [1.29, 1.82) is 0 Å². The molecule has 0 heterocycles. The maximum atomic E-state index is 4.93. The second kappa shape index (κ2) is 9.53. The van der Waals surface area contributed by atoms with Gasteiger partial charge in [0.05, 0.1) is 0 Å². The Labute approximate surface area is 133 Å². The molecule has 0 amide bonds. The van der Waals surface area contributed by atoms with Gasteiger partial charge in [-0.2, -0.15) is 30.3 Å². The van der Waals surface area contributed by atoms with E-state index in [4.69, 9.17) is 17.0 Å². The van der Waals surface area contributed by atoms with Gasteiger partial charge in [-0.25, -0.2) is 12.1 Å². The van der Waals surface area contributed by atoms with Crippen molar-refractivity contribution in [2.45, 2.75) is 13.8 Å². The minimum absolute atomic E-state index is 0.826. The van der Waals surface area contributed by atoms with Crippen LogP contribution in [-0.2, 0) is 20.8 Å². The molecule has 0 bridgehead atoms. The van der Waals surface area contributed by atoms with Crippen LogP contribution in [0, 0.1) is 13.8 Å². The molecule has 0 atom stereocenters. The summed E-state index contributed by atoms with van der Waals surface area (Å²) in [6.45, 7) is 4.31. The summed E-state index contributed by atoms with van der Waals surface area (Å²) in [5.41, 5.74) is 2.76. The Kier molecular flexibility index (Phi) is 8.38. The van der Waals surface area contributed by atoms with Gasteiger partial charge in [0.25, 0.3) is 0 Å². The van der Waals surface area contributed by atoms with Crippen molar-refractivity contribution in [3.8, 4) is 0 Å². The zero-order chi connectivity index (χ0) is 14.1. The fraction of sp³-hybridized carbons (Fsp3) is 0.125. The van der Waals surface area contributed by atoms with E-state index in [9.17, 15) is 0 Å². The normalized spacial score (nSPS) is 8.84. The predicted octanol–water partition coefficient (Wildman–Crippen LogP) is 5.96. The molecule has 0 unspecified atom stereocenters. The van der Waals surface area contributed by atoms with Crippen molar-refractivity contribution >= 4 is 27.8 Å². The summed E-state index contributed by atoms with van der Waals surface area (Å²) in [7, 11) is 9.87. The summed E-state index contributed by atoms with van der Waals surface area (Å²) in [5.74, 6) is 0. The summed E-state index contributed by atoms with van der Waals surface area (Å²) in [4.78, 5) is 0. The van der Waals surface area contributed by atoms with E-state index in [1.165, 1.54) is 21.9 Å². The van der Waals surface area contributed by atoms with E-state index < -0.39 is 20.8 Å². The van der Waals surface area contributed by atoms with Crippen LogP contribution in [0.5, 0.6) is 0 Å². The van der Waals surface area contributed by atoms with Gasteiger partial charge in [-0.3, -0.25) is 0 Å². The van der Waals surface area contributed by atoms with Crippen molar-refractivity contribution in [2.24, 2.45) is 0 Å². The molecule has 3 rings (SSSR count). The van der Waals surface area contributed by atoms with Crippen LogP contribution in [0.15, 0.2) is 60.7 Å². The third-order valence-electron chi connectivity index (χ3n) is 2.81. The molecule has 19 heavy (non-hydrogen) atoms. The largest absolute Gasteiger partial charge is 0.214 e. The number of benzene rings is 1. The van der Waals surface area contributed by atoms with Gasteiger partial charge in [0.15, 0.2) is 0 Å². The number of rotatable bonds is 0. The van der Waals surface area contributed by atoms with Crippen LogP contribution < -0.4 is 0 Å². The number of fused-ring (bicyclic) bond motifs is 1. The molecule has 0 aliphatic carbocycles. The molecule has 3 aromatic carbocycles. The van der Waals surface area contributed by atoms with Crippen molar-refractivity contribution in [2.75, 3.05) is 0 Å². The second-order valence-electron chi connectivity index (χ2n) is 4.12. The molecule has 0 fully saturated rings. The van der Waals surface area contributed by atoms with Crippen LogP contribution in [0.4, 0.5) is 0 Å². The summed E-state index contributed by atoms with van der Waals surface area (Å²) in [6.07, 6.45) is 0. The maximum Gasteiger partial charge on any atom is -0.172 e. The molecule has 0 nitrogen and oxygen atoms in total. The first-order chi connectivity index (χ1) is 9.19. The van der Waals surface area contributed by atoms with Crippen LogP contribution in [-0.4, -0.2) is 0 Å². The average molecular weight is 370 g/mol. The molecule has 0 saturated heterocycles. The van der Waals surface area contributed by atoms with Crippen molar-refractivity contribution < 1.29 is 20.8 Å². The van der Waals surface area contributed by atoms with E-state index in [2.05, 4.69) is 44.2 Å². The zero-order valence-corrected chi connectivity index (χ0v) is 15.0. The predicted molar refractivity (Wildman–Crippen MR) is 82.8 cm³/mol. The SMILES string of the molecule is Cc1cc2cc[cH-]c2cc1C.[Cl][Zr+2][Cl].c1cc[cH-]c1. The standard InChI is InChI=1S/C11H11.C5H5.2ClH.Zr/c1-8-6-10-4-3-5-11(10)7-9(8)2;1-2-4-5-3-1;;;/h3-7H,1-2H3;1-5H;2*1H;/q2*-1;;;+4/p-2. The fourth-order valence-corrected chi connectivity index (χ4v) is 1.73. The van der Waals surface area contributed by atoms with Gasteiger partial charge >= 0.3 is 37.9 Å². The van der Waals surface area contributed by atoms with E-state index >= 15 is 0 Å². The molecule has 0 saturated carbocycles. The van der Waals surface area contributed by atoms with Crippen LogP contribution in [0.3, 0.4) is 0 Å². The van der Waals surface area contributed by atoms with Gasteiger partial charge < -0.3 is 0 Å². The average Bonchev–Trinajstić information content (AvgIpc) is 3.04. The fourth-order valence-electron chi connectivity index (χ4n) is 1.73. The Morgan fingerprint density at radius 1 is 0.947 bits per heavy atom. The molecule has 3 heteroatoms. The second-order valence-corrected chi connectivity index (χ2v) is 7.86. The quantitative estimate of drug-likeness (QED) is 0.429. The third kappa shape index (κ3) is 6.08. The Balaban J connectivity index is 0.000000188. The Morgan fingerprint density at radius 3 is 2.05 bits per heavy atom. The van der Waals surface area contributed by atoms with Gasteiger partial charge in [-0.1, -0.05) is 11.1 Å². The van der Waals surface area contributed by atoms with Crippen molar-refractivity contribution in [1.82, 2.24) is 0 Å². The summed E-state index contributed by atoms with van der Waals surface area (Å²) in [6, 6.07) is 20.9. The van der Waals surface area contributed by atoms with E-state index in [0.717, 1.165) is 0 Å². The molecule has 0 N–H and O–H groups in total. The third-order valence-corrected chi connectivity index (χ3v) is 2.81. The Morgan fingerprint density at radius 2 is 1.53 bits per heavy atom. The molecular formula is C16H16Cl2Zr. The molecule has 3 aromatic rings. The van der Waals surface area contributed by atoms with E-state index in [-0.39, 0.29) is 0 Å². The topological polar surface area (TPSA) is 0 Å². The van der Waals surface area contributed by atoms with Gasteiger partial charge in [0.2, 0.25) is 0 Å². The Hall–Kier alpha value is -0.357. The first-order valence-electron chi connectivity index (χ1n) is 5.94. The molecule has 98 valence electrons. The van der Waals surface area contributed by atoms with Crippen LogP contribution in [0.1, 0.15) is 11.1 Å². The minimum atomic E-state index is -0.826. The van der Waals surface area contributed by atoms with E-state index in [1.54, 1.807) is 0 Å². The van der Waals surface area contributed by atoms with Gasteiger partial charge in [-0.05, 0) is 13.8 Å². The number of hydrogen-bond donors (Lipinski definition) is 0.